The summed E-state index contributed by atoms with van der Waals surface area (Å²) in [6.45, 7) is 2.75. The van der Waals surface area contributed by atoms with Gasteiger partial charge in [0, 0.05) is 32.5 Å². The number of benzene rings is 2. The third-order valence-corrected chi connectivity index (χ3v) is 4.15. The number of halogens is 2. The lowest BCUT2D eigenvalue weighted by molar-refractivity contribution is 0.613. The molecule has 0 aliphatic heterocycles. The molecule has 1 heterocycles. The summed E-state index contributed by atoms with van der Waals surface area (Å²) in [4.78, 5) is 8.26. The van der Waals surface area contributed by atoms with Crippen molar-refractivity contribution >= 4 is 5.96 Å². The first-order valence-corrected chi connectivity index (χ1v) is 8.54. The van der Waals surface area contributed by atoms with E-state index in [9.17, 15) is 8.78 Å². The van der Waals surface area contributed by atoms with Crippen LogP contribution in [0.5, 0.6) is 0 Å². The van der Waals surface area contributed by atoms with E-state index in [0.29, 0.717) is 24.7 Å². The quantitative estimate of drug-likeness (QED) is 0.536. The van der Waals surface area contributed by atoms with Gasteiger partial charge in [-0.3, -0.25) is 4.99 Å². The highest BCUT2D eigenvalue weighted by atomic mass is 19.1. The molecule has 0 spiro atoms. The number of hydrogen-bond acceptors (Lipinski definition) is 2. The molecule has 0 unspecified atom stereocenters. The van der Waals surface area contributed by atoms with Crippen molar-refractivity contribution in [2.75, 3.05) is 7.05 Å². The minimum absolute atomic E-state index is 0.266. The second-order valence-electron chi connectivity index (χ2n) is 6.04. The number of aryl methyl sites for hydroxylation is 1. The molecule has 27 heavy (non-hydrogen) atoms. The second kappa shape index (κ2) is 8.44. The van der Waals surface area contributed by atoms with Crippen LogP contribution in [0, 0.1) is 18.6 Å². The van der Waals surface area contributed by atoms with Crippen molar-refractivity contribution in [2.24, 2.45) is 4.99 Å². The first-order chi connectivity index (χ1) is 13.1. The fraction of sp³-hybridized carbons (Fsp3) is 0.200. The molecular weight excluding hydrogens is 348 g/mol. The van der Waals surface area contributed by atoms with E-state index in [1.165, 1.54) is 18.2 Å². The van der Waals surface area contributed by atoms with Gasteiger partial charge in [-0.15, -0.1) is 0 Å². The largest absolute Gasteiger partial charge is 0.352 e. The molecule has 7 heteroatoms. The van der Waals surface area contributed by atoms with Gasteiger partial charge in [0.15, 0.2) is 5.96 Å². The lowest BCUT2D eigenvalue weighted by atomic mass is 10.2. The van der Waals surface area contributed by atoms with Crippen LogP contribution in [0.1, 0.15) is 17.0 Å². The number of nitrogens with zero attached hydrogens (tertiary/aromatic N) is 3. The molecule has 0 saturated carbocycles. The lowest BCUT2D eigenvalue weighted by Gasteiger charge is -2.13. The van der Waals surface area contributed by atoms with E-state index in [-0.39, 0.29) is 11.6 Å². The highest BCUT2D eigenvalue weighted by Gasteiger charge is 2.08. The molecule has 1 aromatic heterocycles. The molecule has 0 aliphatic rings. The number of hydrogen-bond donors (Lipinski definition) is 2. The maximum absolute atomic E-state index is 14.4. The SMILES string of the molecule is CN=C(NCc1ccc(F)cc1)NCc1ccc(-n2ccnc2C)c(F)c1. The number of aliphatic imine (C=N–C) groups is 1. The predicted molar refractivity (Wildman–Crippen MR) is 102 cm³/mol. The van der Waals surface area contributed by atoms with Crippen LogP contribution in [0.2, 0.25) is 0 Å². The smallest absolute Gasteiger partial charge is 0.191 e. The van der Waals surface area contributed by atoms with Gasteiger partial charge in [0.05, 0.1) is 5.69 Å². The highest BCUT2D eigenvalue weighted by Crippen LogP contribution is 2.16. The molecule has 3 rings (SSSR count). The van der Waals surface area contributed by atoms with E-state index < -0.39 is 0 Å². The summed E-state index contributed by atoms with van der Waals surface area (Å²) >= 11 is 0. The summed E-state index contributed by atoms with van der Waals surface area (Å²) in [5.41, 5.74) is 2.19. The fourth-order valence-corrected chi connectivity index (χ4v) is 2.68. The third kappa shape index (κ3) is 4.69. The monoisotopic (exact) mass is 369 g/mol. The number of nitrogens with one attached hydrogen (secondary N) is 2. The van der Waals surface area contributed by atoms with Gasteiger partial charge in [0.25, 0.3) is 0 Å². The van der Waals surface area contributed by atoms with Crippen molar-refractivity contribution in [2.45, 2.75) is 20.0 Å². The Kier molecular flexibility index (Phi) is 5.80. The van der Waals surface area contributed by atoms with Crippen molar-refractivity contribution in [1.82, 2.24) is 20.2 Å². The van der Waals surface area contributed by atoms with Crippen LogP contribution in [0.4, 0.5) is 8.78 Å². The Balaban J connectivity index is 1.59. The number of aromatic nitrogens is 2. The van der Waals surface area contributed by atoms with Gasteiger partial charge < -0.3 is 15.2 Å². The van der Waals surface area contributed by atoms with Crippen LogP contribution in [0.3, 0.4) is 0 Å². The average molecular weight is 369 g/mol. The van der Waals surface area contributed by atoms with Crippen molar-refractivity contribution in [1.29, 1.82) is 0 Å². The zero-order valence-corrected chi connectivity index (χ0v) is 15.2. The van der Waals surface area contributed by atoms with E-state index in [1.54, 1.807) is 42.2 Å². The van der Waals surface area contributed by atoms with E-state index in [2.05, 4.69) is 20.6 Å². The maximum Gasteiger partial charge on any atom is 0.191 e. The van der Waals surface area contributed by atoms with Gasteiger partial charge in [-0.25, -0.2) is 13.8 Å². The summed E-state index contributed by atoms with van der Waals surface area (Å²) in [5.74, 6) is 0.724. The predicted octanol–water partition coefficient (Wildman–Crippen LogP) is 3.32. The summed E-state index contributed by atoms with van der Waals surface area (Å²) in [6, 6.07) is 11.3. The summed E-state index contributed by atoms with van der Waals surface area (Å²) in [7, 11) is 1.66. The summed E-state index contributed by atoms with van der Waals surface area (Å²) in [6.07, 6.45) is 3.37. The normalized spacial score (nSPS) is 11.5. The molecular formula is C20H21F2N5. The Morgan fingerprint density at radius 1 is 1.04 bits per heavy atom. The minimum atomic E-state index is -0.315. The molecule has 5 nitrogen and oxygen atoms in total. The van der Waals surface area contributed by atoms with Crippen molar-refractivity contribution in [3.63, 3.8) is 0 Å². The first kappa shape index (κ1) is 18.6. The molecule has 140 valence electrons. The van der Waals surface area contributed by atoms with E-state index in [0.717, 1.165) is 17.0 Å². The summed E-state index contributed by atoms with van der Waals surface area (Å²) in [5, 5.41) is 6.28. The van der Waals surface area contributed by atoms with Crippen molar-refractivity contribution < 1.29 is 8.78 Å². The molecule has 0 saturated heterocycles. The van der Waals surface area contributed by atoms with Crippen LogP contribution >= 0.6 is 0 Å². The molecule has 0 aliphatic carbocycles. The van der Waals surface area contributed by atoms with Crippen LogP contribution in [-0.2, 0) is 13.1 Å². The van der Waals surface area contributed by atoms with Gasteiger partial charge in [0.1, 0.15) is 17.5 Å². The van der Waals surface area contributed by atoms with E-state index >= 15 is 0 Å². The van der Waals surface area contributed by atoms with Gasteiger partial charge in [-0.2, -0.15) is 0 Å². The second-order valence-corrected chi connectivity index (χ2v) is 6.04. The Bertz CT molecular complexity index is 932. The van der Waals surface area contributed by atoms with Crippen molar-refractivity contribution in [3.8, 4) is 5.69 Å². The van der Waals surface area contributed by atoms with E-state index in [1.807, 2.05) is 13.0 Å². The Labute approximate surface area is 156 Å². The van der Waals surface area contributed by atoms with Crippen LogP contribution in [0.25, 0.3) is 5.69 Å². The van der Waals surface area contributed by atoms with E-state index in [4.69, 9.17) is 0 Å². The molecule has 2 N–H and O–H groups in total. The molecule has 2 aromatic carbocycles. The van der Waals surface area contributed by atoms with Gasteiger partial charge in [0.2, 0.25) is 0 Å². The third-order valence-electron chi connectivity index (χ3n) is 4.15. The van der Waals surface area contributed by atoms with Crippen LogP contribution in [-0.4, -0.2) is 22.6 Å². The fourth-order valence-electron chi connectivity index (χ4n) is 2.68. The van der Waals surface area contributed by atoms with Crippen LogP contribution in [0.15, 0.2) is 59.9 Å². The molecule has 0 atom stereocenters. The Morgan fingerprint density at radius 2 is 1.70 bits per heavy atom. The maximum atomic E-state index is 14.4. The van der Waals surface area contributed by atoms with Gasteiger partial charge in [-0.05, 0) is 42.3 Å². The molecule has 0 bridgehead atoms. The Hall–Kier alpha value is -3.22. The standard InChI is InChI=1S/C20H21F2N5/c1-14-24-9-10-27(14)19-8-5-16(11-18(19)22)13-26-20(23-2)25-12-15-3-6-17(21)7-4-15/h3-11H,12-13H2,1-2H3,(H2,23,25,26). The topological polar surface area (TPSA) is 54.2 Å². The molecule has 0 amide bonds. The number of imidazole rings is 1. The van der Waals surface area contributed by atoms with Gasteiger partial charge in [-0.1, -0.05) is 18.2 Å². The lowest BCUT2D eigenvalue weighted by Crippen LogP contribution is -2.36. The van der Waals surface area contributed by atoms with Crippen LogP contribution < -0.4 is 10.6 Å². The number of guanidine groups is 1. The molecule has 0 fully saturated rings. The number of rotatable bonds is 5. The zero-order valence-electron chi connectivity index (χ0n) is 15.2. The average Bonchev–Trinajstić information content (AvgIpc) is 3.09. The van der Waals surface area contributed by atoms with Gasteiger partial charge >= 0.3 is 0 Å². The first-order valence-electron chi connectivity index (χ1n) is 8.54. The highest BCUT2D eigenvalue weighted by molar-refractivity contribution is 5.79. The Morgan fingerprint density at radius 3 is 2.30 bits per heavy atom. The summed E-state index contributed by atoms with van der Waals surface area (Å²) < 4.78 is 29.1. The zero-order chi connectivity index (χ0) is 19.2. The minimum Gasteiger partial charge on any atom is -0.352 e. The van der Waals surface area contributed by atoms with Crippen molar-refractivity contribution in [3.05, 3.63) is 83.4 Å². The molecule has 0 radical (unpaired) electrons. The molecule has 3 aromatic rings.